The molecule has 0 radical (unpaired) electrons. The minimum atomic E-state index is -0.839. The maximum Gasteiger partial charge on any atom is 0.256 e. The zero-order valence-corrected chi connectivity index (χ0v) is 11.7. The van der Waals surface area contributed by atoms with Crippen LogP contribution in [0.3, 0.4) is 0 Å². The van der Waals surface area contributed by atoms with Gasteiger partial charge in [0.25, 0.3) is 5.91 Å². The third-order valence-electron chi connectivity index (χ3n) is 3.83. The molecule has 1 amide bonds. The lowest BCUT2D eigenvalue weighted by molar-refractivity contribution is 0.0437. The molecule has 1 fully saturated rings. The van der Waals surface area contributed by atoms with Gasteiger partial charge in [0.2, 0.25) is 0 Å². The van der Waals surface area contributed by atoms with Crippen molar-refractivity contribution in [3.05, 3.63) is 34.9 Å². The molecular weight excluding hydrogens is 264 g/mol. The Bertz CT molecular complexity index is 529. The first-order valence-electron chi connectivity index (χ1n) is 6.77. The van der Waals surface area contributed by atoms with E-state index in [1.165, 1.54) is 17.9 Å². The summed E-state index contributed by atoms with van der Waals surface area (Å²) in [4.78, 5) is 13.9. The van der Waals surface area contributed by atoms with E-state index in [1.54, 1.807) is 6.92 Å². The summed E-state index contributed by atoms with van der Waals surface area (Å²) in [6, 6.07) is 1.99. The summed E-state index contributed by atoms with van der Waals surface area (Å²) in [5, 5.41) is 10.00. The van der Waals surface area contributed by atoms with Crippen LogP contribution in [-0.4, -0.2) is 34.6 Å². The summed E-state index contributed by atoms with van der Waals surface area (Å²) in [5.41, 5.74) is -0.645. The van der Waals surface area contributed by atoms with E-state index >= 15 is 0 Å². The molecule has 1 heterocycles. The first-order valence-corrected chi connectivity index (χ1v) is 6.77. The minimum Gasteiger partial charge on any atom is -0.390 e. The molecule has 0 aliphatic carbocycles. The summed E-state index contributed by atoms with van der Waals surface area (Å²) < 4.78 is 27.0. The number of likely N-dealkylation sites (tertiary alicyclic amines) is 1. The second-order valence-corrected chi connectivity index (χ2v) is 5.72. The molecule has 20 heavy (non-hydrogen) atoms. The summed E-state index contributed by atoms with van der Waals surface area (Å²) in [7, 11) is 0. The van der Waals surface area contributed by atoms with Crippen LogP contribution in [-0.2, 0) is 0 Å². The normalized spacial score (nSPS) is 23.6. The number of amides is 1. The summed E-state index contributed by atoms with van der Waals surface area (Å²) in [6.45, 7) is 4.09. The second-order valence-electron chi connectivity index (χ2n) is 5.72. The Balaban J connectivity index is 2.21. The molecule has 5 heteroatoms. The van der Waals surface area contributed by atoms with Crippen molar-refractivity contribution in [1.82, 2.24) is 4.90 Å². The number of hydrogen-bond donors (Lipinski definition) is 1. The Morgan fingerprint density at radius 1 is 1.25 bits per heavy atom. The number of rotatable bonds is 1. The number of aryl methyl sites for hydroxylation is 1. The molecule has 0 aromatic heterocycles. The van der Waals surface area contributed by atoms with Gasteiger partial charge in [-0.25, -0.2) is 8.78 Å². The largest absolute Gasteiger partial charge is 0.390 e. The van der Waals surface area contributed by atoms with Crippen LogP contribution in [0.15, 0.2) is 12.1 Å². The fourth-order valence-corrected chi connectivity index (χ4v) is 2.46. The fourth-order valence-electron chi connectivity index (χ4n) is 2.46. The second kappa shape index (κ2) is 5.48. The summed E-state index contributed by atoms with van der Waals surface area (Å²) in [5.74, 6) is -1.93. The minimum absolute atomic E-state index is 0.106. The molecule has 1 aromatic rings. The van der Waals surface area contributed by atoms with Gasteiger partial charge in [-0.1, -0.05) is 0 Å². The Morgan fingerprint density at radius 2 is 1.95 bits per heavy atom. The van der Waals surface area contributed by atoms with Gasteiger partial charge < -0.3 is 10.0 Å². The molecule has 0 spiro atoms. The molecule has 0 saturated carbocycles. The first kappa shape index (κ1) is 14.9. The number of hydrogen-bond acceptors (Lipinski definition) is 2. The van der Waals surface area contributed by atoms with Crippen molar-refractivity contribution >= 4 is 5.91 Å². The Morgan fingerprint density at radius 3 is 2.65 bits per heavy atom. The van der Waals surface area contributed by atoms with Gasteiger partial charge in [-0.05, 0) is 44.7 Å². The predicted molar refractivity (Wildman–Crippen MR) is 71.5 cm³/mol. The van der Waals surface area contributed by atoms with Crippen molar-refractivity contribution in [2.24, 2.45) is 0 Å². The van der Waals surface area contributed by atoms with Gasteiger partial charge in [-0.3, -0.25) is 4.79 Å². The highest BCUT2D eigenvalue weighted by atomic mass is 19.1. The average Bonchev–Trinajstić information content (AvgIpc) is 2.54. The van der Waals surface area contributed by atoms with Gasteiger partial charge >= 0.3 is 0 Å². The van der Waals surface area contributed by atoms with Gasteiger partial charge in [0.05, 0.1) is 11.2 Å². The molecule has 110 valence electrons. The molecule has 1 N–H and O–H groups in total. The number of aliphatic hydroxyl groups is 1. The highest BCUT2D eigenvalue weighted by Gasteiger charge is 2.28. The average molecular weight is 283 g/mol. The molecule has 2 rings (SSSR count). The lowest BCUT2D eigenvalue weighted by atomic mass is 9.98. The smallest absolute Gasteiger partial charge is 0.256 e. The third kappa shape index (κ3) is 3.15. The Kier molecular flexibility index (Phi) is 4.09. The van der Waals surface area contributed by atoms with E-state index < -0.39 is 23.1 Å². The van der Waals surface area contributed by atoms with Gasteiger partial charge in [0.1, 0.15) is 11.6 Å². The summed E-state index contributed by atoms with van der Waals surface area (Å²) >= 11 is 0. The zero-order valence-electron chi connectivity index (χ0n) is 11.7. The standard InChI is InChI=1S/C15H19F2NO2/c1-10-8-11(13(17)9-12(10)16)14(19)18-6-3-4-15(2,20)5-7-18/h8-9,20H,3-7H2,1-2H3. The van der Waals surface area contributed by atoms with E-state index in [1.807, 2.05) is 0 Å². The Hall–Kier alpha value is -1.49. The van der Waals surface area contributed by atoms with E-state index in [-0.39, 0.29) is 11.1 Å². The quantitative estimate of drug-likeness (QED) is 0.860. The first-order chi connectivity index (χ1) is 9.30. The van der Waals surface area contributed by atoms with Crippen molar-refractivity contribution in [3.63, 3.8) is 0 Å². The van der Waals surface area contributed by atoms with Crippen LogP contribution in [0, 0.1) is 18.6 Å². The maximum absolute atomic E-state index is 13.8. The molecule has 1 saturated heterocycles. The van der Waals surface area contributed by atoms with Crippen LogP contribution in [0.4, 0.5) is 8.78 Å². The summed E-state index contributed by atoms with van der Waals surface area (Å²) in [6.07, 6.45) is 1.74. The molecule has 1 aliphatic rings. The number of benzene rings is 1. The van der Waals surface area contributed by atoms with Gasteiger partial charge in [0, 0.05) is 19.2 Å². The van der Waals surface area contributed by atoms with E-state index in [2.05, 4.69) is 0 Å². The number of carbonyl (C=O) groups is 1. The van der Waals surface area contributed by atoms with Crippen molar-refractivity contribution in [2.45, 2.75) is 38.7 Å². The molecule has 1 atom stereocenters. The van der Waals surface area contributed by atoms with E-state index in [9.17, 15) is 18.7 Å². The van der Waals surface area contributed by atoms with Crippen LogP contribution in [0.25, 0.3) is 0 Å². The van der Waals surface area contributed by atoms with Crippen molar-refractivity contribution in [1.29, 1.82) is 0 Å². The van der Waals surface area contributed by atoms with Gasteiger partial charge in [0.15, 0.2) is 0 Å². The SMILES string of the molecule is Cc1cc(C(=O)N2CCCC(C)(O)CC2)c(F)cc1F. The predicted octanol–water partition coefficient (Wildman–Crippen LogP) is 2.65. The topological polar surface area (TPSA) is 40.5 Å². The lowest BCUT2D eigenvalue weighted by Crippen LogP contribution is -2.34. The van der Waals surface area contributed by atoms with Crippen LogP contribution >= 0.6 is 0 Å². The van der Waals surface area contributed by atoms with E-state index in [0.29, 0.717) is 32.4 Å². The molecular formula is C15H19F2NO2. The van der Waals surface area contributed by atoms with E-state index in [0.717, 1.165) is 6.07 Å². The number of halogens is 2. The van der Waals surface area contributed by atoms with Crippen LogP contribution in [0.2, 0.25) is 0 Å². The van der Waals surface area contributed by atoms with Gasteiger partial charge in [-0.2, -0.15) is 0 Å². The van der Waals surface area contributed by atoms with Crippen molar-refractivity contribution < 1.29 is 18.7 Å². The van der Waals surface area contributed by atoms with Gasteiger partial charge in [-0.15, -0.1) is 0 Å². The lowest BCUT2D eigenvalue weighted by Gasteiger charge is -2.23. The molecule has 3 nitrogen and oxygen atoms in total. The molecule has 1 unspecified atom stereocenters. The molecule has 0 bridgehead atoms. The molecule has 1 aliphatic heterocycles. The van der Waals surface area contributed by atoms with Crippen LogP contribution < -0.4 is 0 Å². The zero-order chi connectivity index (χ0) is 14.9. The van der Waals surface area contributed by atoms with Crippen LogP contribution in [0.5, 0.6) is 0 Å². The number of nitrogens with zero attached hydrogens (tertiary/aromatic N) is 1. The highest BCUT2D eigenvalue weighted by Crippen LogP contribution is 2.23. The Labute approximate surface area is 117 Å². The molecule has 1 aromatic carbocycles. The maximum atomic E-state index is 13.8. The van der Waals surface area contributed by atoms with Crippen molar-refractivity contribution in [3.8, 4) is 0 Å². The van der Waals surface area contributed by atoms with Crippen LogP contribution in [0.1, 0.15) is 42.1 Å². The third-order valence-corrected chi connectivity index (χ3v) is 3.83. The monoisotopic (exact) mass is 283 g/mol. The van der Waals surface area contributed by atoms with E-state index in [4.69, 9.17) is 0 Å². The number of carbonyl (C=O) groups excluding carboxylic acids is 1. The fraction of sp³-hybridized carbons (Fsp3) is 0.533. The highest BCUT2D eigenvalue weighted by molar-refractivity contribution is 5.94. The van der Waals surface area contributed by atoms with Crippen molar-refractivity contribution in [2.75, 3.05) is 13.1 Å².